The van der Waals surface area contributed by atoms with Crippen LogP contribution in [0.4, 0.5) is 0 Å². The van der Waals surface area contributed by atoms with Crippen molar-refractivity contribution < 1.29 is 9.53 Å². The van der Waals surface area contributed by atoms with E-state index in [4.69, 9.17) is 4.74 Å². The summed E-state index contributed by atoms with van der Waals surface area (Å²) in [6, 6.07) is 0. The van der Waals surface area contributed by atoms with Crippen LogP contribution in [-0.4, -0.2) is 11.6 Å². The van der Waals surface area contributed by atoms with Crippen LogP contribution in [0.3, 0.4) is 0 Å². The van der Waals surface area contributed by atoms with Crippen molar-refractivity contribution in [1.82, 2.24) is 0 Å². The van der Waals surface area contributed by atoms with E-state index in [1.165, 1.54) is 108 Å². The molecular weight excluding hydrogens is 428 g/mol. The van der Waals surface area contributed by atoms with Crippen LogP contribution in [0.25, 0.3) is 0 Å². The van der Waals surface area contributed by atoms with Gasteiger partial charge in [0.05, 0.1) is 0 Å². The van der Waals surface area contributed by atoms with Crippen LogP contribution in [0, 0.1) is 17.3 Å². The summed E-state index contributed by atoms with van der Waals surface area (Å²) in [5.74, 6) is 1.07. The van der Waals surface area contributed by atoms with Gasteiger partial charge in [0.25, 0.3) is 0 Å². The number of fused-ring (bicyclic) bond motifs is 1. The Morgan fingerprint density at radius 3 is 2.23 bits per heavy atom. The van der Waals surface area contributed by atoms with Gasteiger partial charge in [0.2, 0.25) is 0 Å². The Bertz CT molecular complexity index is 645. The second kappa shape index (κ2) is 15.9. The van der Waals surface area contributed by atoms with Gasteiger partial charge >= 0.3 is 5.97 Å². The van der Waals surface area contributed by atoms with Gasteiger partial charge in [0.15, 0.2) is 0 Å². The maximum absolute atomic E-state index is 12.6. The van der Waals surface area contributed by atoms with Crippen LogP contribution in [-0.2, 0) is 9.53 Å². The van der Waals surface area contributed by atoms with E-state index in [2.05, 4.69) is 46.4 Å². The first-order chi connectivity index (χ1) is 16.8. The zero-order valence-electron chi connectivity index (χ0n) is 24.0. The second-order valence-electron chi connectivity index (χ2n) is 12.6. The molecule has 0 unspecified atom stereocenters. The second-order valence-corrected chi connectivity index (χ2v) is 12.6. The van der Waals surface area contributed by atoms with Crippen LogP contribution in [0.15, 0.2) is 24.3 Å². The number of ether oxygens (including phenoxy) is 1. The van der Waals surface area contributed by atoms with Crippen LogP contribution in [0.2, 0.25) is 0 Å². The van der Waals surface area contributed by atoms with E-state index in [9.17, 15) is 4.79 Å². The van der Waals surface area contributed by atoms with Crippen LogP contribution < -0.4 is 0 Å². The Labute approximate surface area is 218 Å². The lowest BCUT2D eigenvalue weighted by Gasteiger charge is -2.51. The quantitative estimate of drug-likeness (QED) is 0.116. The van der Waals surface area contributed by atoms with Gasteiger partial charge in [-0.15, -0.1) is 0 Å². The maximum atomic E-state index is 12.6. The highest BCUT2D eigenvalue weighted by atomic mass is 16.6. The molecule has 2 heteroatoms. The predicted octanol–water partition coefficient (Wildman–Crippen LogP) is 10.5. The first-order valence-corrected chi connectivity index (χ1v) is 15.3. The molecule has 2 nitrogen and oxygen atoms in total. The molecule has 0 saturated heterocycles. The lowest BCUT2D eigenvalue weighted by Crippen LogP contribution is -2.45. The molecule has 0 aromatic heterocycles. The standard InChI is InChI=1S/C33H58O2/c1-6-7-8-9-10-11-12-13-14-15-16-17-18-19-20-23-31(34)35-32(3,4)29-24-26-33(5)25-21-22-28(2)30(33)27-29/h13-14,29-30H,2,6-12,15-27H2,1,3-5H3/b14-13-/t29-,30+,33-/m1/s1. The fourth-order valence-corrected chi connectivity index (χ4v) is 6.62. The Kier molecular flexibility index (Phi) is 13.7. The predicted molar refractivity (Wildman–Crippen MR) is 152 cm³/mol. The third kappa shape index (κ3) is 10.8. The molecule has 0 N–H and O–H groups in total. The van der Waals surface area contributed by atoms with E-state index >= 15 is 0 Å². The minimum absolute atomic E-state index is 0.00318. The summed E-state index contributed by atoms with van der Waals surface area (Å²) in [6.45, 7) is 13.4. The summed E-state index contributed by atoms with van der Waals surface area (Å²) < 4.78 is 6.07. The molecule has 2 aliphatic rings. The van der Waals surface area contributed by atoms with Crippen molar-refractivity contribution in [3.05, 3.63) is 24.3 Å². The SMILES string of the molecule is C=C1CCC[C@]2(C)CC[C@@H](C(C)(C)OC(=O)CCCCCCC/C=C\CCCCCCCC)C[C@@H]12. The number of hydrogen-bond donors (Lipinski definition) is 0. The van der Waals surface area contributed by atoms with E-state index in [0.29, 0.717) is 23.7 Å². The molecule has 2 aliphatic carbocycles. The molecule has 2 saturated carbocycles. The molecule has 35 heavy (non-hydrogen) atoms. The molecule has 0 heterocycles. The zero-order chi connectivity index (χ0) is 25.6. The monoisotopic (exact) mass is 486 g/mol. The molecule has 0 aromatic carbocycles. The van der Waals surface area contributed by atoms with E-state index in [0.717, 1.165) is 19.3 Å². The van der Waals surface area contributed by atoms with Crippen molar-refractivity contribution >= 4 is 5.97 Å². The van der Waals surface area contributed by atoms with Gasteiger partial charge in [-0.05, 0) is 102 Å². The minimum Gasteiger partial charge on any atom is -0.459 e. The first kappa shape index (κ1) is 30.2. The average molecular weight is 487 g/mol. The van der Waals surface area contributed by atoms with Crippen LogP contribution >= 0.6 is 0 Å². The number of carbonyl (C=O) groups excluding carboxylic acids is 1. The molecule has 0 amide bonds. The van der Waals surface area contributed by atoms with E-state index in [1.54, 1.807) is 0 Å². The molecule has 0 aliphatic heterocycles. The topological polar surface area (TPSA) is 26.3 Å². The number of allylic oxidation sites excluding steroid dienone is 3. The summed E-state index contributed by atoms with van der Waals surface area (Å²) in [5, 5.41) is 0. The normalized spacial score (nSPS) is 25.1. The van der Waals surface area contributed by atoms with Crippen molar-refractivity contribution in [2.75, 3.05) is 0 Å². The molecule has 0 bridgehead atoms. The molecule has 0 aromatic rings. The van der Waals surface area contributed by atoms with Crippen LogP contribution in [0.5, 0.6) is 0 Å². The minimum atomic E-state index is -0.363. The van der Waals surface area contributed by atoms with Gasteiger partial charge in [-0.2, -0.15) is 0 Å². The van der Waals surface area contributed by atoms with Crippen molar-refractivity contribution in [2.45, 2.75) is 162 Å². The van der Waals surface area contributed by atoms with Gasteiger partial charge in [-0.3, -0.25) is 4.79 Å². The van der Waals surface area contributed by atoms with Gasteiger partial charge in [-0.1, -0.05) is 89.5 Å². The van der Waals surface area contributed by atoms with Crippen LogP contribution in [0.1, 0.15) is 156 Å². The molecule has 202 valence electrons. The molecule has 0 radical (unpaired) electrons. The van der Waals surface area contributed by atoms with E-state index in [1.807, 2.05) is 0 Å². The smallest absolute Gasteiger partial charge is 0.306 e. The summed E-state index contributed by atoms with van der Waals surface area (Å²) in [4.78, 5) is 12.6. The molecule has 0 spiro atoms. The number of hydrogen-bond acceptors (Lipinski definition) is 2. The van der Waals surface area contributed by atoms with Crippen molar-refractivity contribution in [3.63, 3.8) is 0 Å². The maximum Gasteiger partial charge on any atom is 0.306 e. The van der Waals surface area contributed by atoms with Crippen molar-refractivity contribution in [3.8, 4) is 0 Å². The third-order valence-electron chi connectivity index (χ3n) is 9.17. The Morgan fingerprint density at radius 1 is 0.971 bits per heavy atom. The number of unbranched alkanes of at least 4 members (excludes halogenated alkanes) is 11. The van der Waals surface area contributed by atoms with Gasteiger partial charge in [-0.25, -0.2) is 0 Å². The lowest BCUT2D eigenvalue weighted by molar-refractivity contribution is -0.165. The highest BCUT2D eigenvalue weighted by Gasteiger charge is 2.47. The fraction of sp³-hybridized carbons (Fsp3) is 0.848. The van der Waals surface area contributed by atoms with Gasteiger partial charge in [0.1, 0.15) is 5.60 Å². The first-order valence-electron chi connectivity index (χ1n) is 15.3. The highest BCUT2D eigenvalue weighted by Crippen LogP contribution is 2.55. The summed E-state index contributed by atoms with van der Waals surface area (Å²) >= 11 is 0. The zero-order valence-corrected chi connectivity index (χ0v) is 24.0. The Hall–Kier alpha value is -1.05. The van der Waals surface area contributed by atoms with Gasteiger partial charge in [0, 0.05) is 6.42 Å². The summed E-state index contributed by atoms with van der Waals surface area (Å²) in [6.07, 6.45) is 29.3. The molecule has 2 rings (SSSR count). The number of rotatable bonds is 17. The summed E-state index contributed by atoms with van der Waals surface area (Å²) in [7, 11) is 0. The fourth-order valence-electron chi connectivity index (χ4n) is 6.62. The molecule has 3 atom stereocenters. The average Bonchev–Trinajstić information content (AvgIpc) is 2.81. The molecular formula is C33H58O2. The van der Waals surface area contributed by atoms with E-state index in [-0.39, 0.29) is 11.6 Å². The van der Waals surface area contributed by atoms with Crippen molar-refractivity contribution in [1.29, 1.82) is 0 Å². The van der Waals surface area contributed by atoms with Crippen molar-refractivity contribution in [2.24, 2.45) is 17.3 Å². The summed E-state index contributed by atoms with van der Waals surface area (Å²) in [5.41, 5.74) is 1.51. The number of esters is 1. The largest absolute Gasteiger partial charge is 0.459 e. The Morgan fingerprint density at radius 2 is 1.57 bits per heavy atom. The Balaban J connectivity index is 1.51. The van der Waals surface area contributed by atoms with E-state index < -0.39 is 0 Å². The highest BCUT2D eigenvalue weighted by molar-refractivity contribution is 5.69. The van der Waals surface area contributed by atoms with Gasteiger partial charge < -0.3 is 4.74 Å². The lowest BCUT2D eigenvalue weighted by atomic mass is 9.55. The molecule has 2 fully saturated rings. The third-order valence-corrected chi connectivity index (χ3v) is 9.17. The number of carbonyl (C=O) groups is 1.